The van der Waals surface area contributed by atoms with Gasteiger partial charge in [-0.05, 0) is 19.1 Å². The highest BCUT2D eigenvalue weighted by atomic mass is 35.5. The van der Waals surface area contributed by atoms with Crippen molar-refractivity contribution < 1.29 is 4.52 Å². The number of aromatic nitrogens is 1. The lowest BCUT2D eigenvalue weighted by Gasteiger charge is -2.02. The topological polar surface area (TPSA) is 26.0 Å². The summed E-state index contributed by atoms with van der Waals surface area (Å²) in [5.41, 5.74) is 1.08. The third-order valence-electron chi connectivity index (χ3n) is 1.99. The molecule has 0 radical (unpaired) electrons. The van der Waals surface area contributed by atoms with Gasteiger partial charge in [-0.2, -0.15) is 0 Å². The smallest absolute Gasteiger partial charge is 0.152 e. The van der Waals surface area contributed by atoms with E-state index >= 15 is 0 Å². The summed E-state index contributed by atoms with van der Waals surface area (Å²) in [5, 5.41) is 5.26. The summed E-state index contributed by atoms with van der Waals surface area (Å²) < 4.78 is 4.96. The average Bonchev–Trinajstić information content (AvgIpc) is 2.49. The van der Waals surface area contributed by atoms with Gasteiger partial charge < -0.3 is 4.52 Å². The van der Waals surface area contributed by atoms with Gasteiger partial charge in [0.05, 0.1) is 10.0 Å². The van der Waals surface area contributed by atoms with E-state index in [2.05, 4.69) is 5.16 Å². The van der Waals surface area contributed by atoms with Gasteiger partial charge in [0.2, 0.25) is 0 Å². The molecule has 15 heavy (non-hydrogen) atoms. The third kappa shape index (κ3) is 1.85. The summed E-state index contributed by atoms with van der Waals surface area (Å²) >= 11 is 18.1. The zero-order valence-corrected chi connectivity index (χ0v) is 9.99. The minimum absolute atomic E-state index is 0.435. The molecule has 2 nitrogen and oxygen atoms in total. The molecule has 0 atom stereocenters. The van der Waals surface area contributed by atoms with Gasteiger partial charge in [-0.1, -0.05) is 46.0 Å². The largest absolute Gasteiger partial charge is 0.359 e. The Morgan fingerprint density at radius 1 is 1.13 bits per heavy atom. The molecule has 0 aliphatic rings. The summed E-state index contributed by atoms with van der Waals surface area (Å²) in [5.74, 6) is 0.544. The number of aryl methyl sites for hydroxylation is 1. The molecule has 0 fully saturated rings. The predicted octanol–water partition coefficient (Wildman–Crippen LogP) is 4.61. The molecule has 2 aromatic rings. The van der Waals surface area contributed by atoms with Crippen LogP contribution < -0.4 is 0 Å². The molecule has 0 N–H and O–H groups in total. The van der Waals surface area contributed by atoms with Crippen LogP contribution in [0.15, 0.2) is 22.7 Å². The minimum atomic E-state index is 0.435. The Balaban J connectivity index is 2.69. The average molecular weight is 263 g/mol. The second-order valence-corrected chi connectivity index (χ2v) is 4.19. The van der Waals surface area contributed by atoms with E-state index in [1.54, 1.807) is 25.1 Å². The van der Waals surface area contributed by atoms with E-state index in [9.17, 15) is 0 Å². The van der Waals surface area contributed by atoms with Gasteiger partial charge in [0.25, 0.3) is 0 Å². The normalized spacial score (nSPS) is 10.7. The number of hydrogen-bond acceptors (Lipinski definition) is 2. The zero-order chi connectivity index (χ0) is 11.0. The molecule has 0 saturated carbocycles. The van der Waals surface area contributed by atoms with Gasteiger partial charge in [0, 0.05) is 5.56 Å². The van der Waals surface area contributed by atoms with Crippen LogP contribution in [0.2, 0.25) is 15.1 Å². The summed E-state index contributed by atoms with van der Waals surface area (Å²) in [4.78, 5) is 0. The van der Waals surface area contributed by atoms with E-state index in [1.165, 1.54) is 0 Å². The molecule has 5 heteroatoms. The van der Waals surface area contributed by atoms with Crippen molar-refractivity contribution in [2.24, 2.45) is 0 Å². The molecule has 0 aliphatic carbocycles. The molecule has 78 valence electrons. The van der Waals surface area contributed by atoms with E-state index in [1.807, 2.05) is 0 Å². The van der Waals surface area contributed by atoms with Crippen LogP contribution in [0.5, 0.6) is 0 Å². The van der Waals surface area contributed by atoms with Crippen LogP contribution in [0.3, 0.4) is 0 Å². The molecule has 0 spiro atoms. The molecule has 1 aromatic heterocycles. The Bertz CT molecular complexity index is 487. The molecule has 0 amide bonds. The SMILES string of the molecule is Cc1onc(-c2c(Cl)cccc2Cl)c1Cl. The molecular formula is C10H6Cl3NO. The molecule has 0 aliphatic heterocycles. The van der Waals surface area contributed by atoms with Crippen molar-refractivity contribution in [1.82, 2.24) is 5.16 Å². The maximum atomic E-state index is 6.02. The highest BCUT2D eigenvalue weighted by molar-refractivity contribution is 6.41. The Morgan fingerprint density at radius 3 is 2.20 bits per heavy atom. The summed E-state index contributed by atoms with van der Waals surface area (Å²) in [6, 6.07) is 5.21. The molecule has 2 rings (SSSR count). The van der Waals surface area contributed by atoms with E-state index in [4.69, 9.17) is 39.3 Å². The molecule has 0 unspecified atom stereocenters. The van der Waals surface area contributed by atoms with E-state index in [0.29, 0.717) is 32.1 Å². The fraction of sp³-hybridized carbons (Fsp3) is 0.100. The van der Waals surface area contributed by atoms with Gasteiger partial charge in [-0.15, -0.1) is 0 Å². The number of hydrogen-bond donors (Lipinski definition) is 0. The number of benzene rings is 1. The number of nitrogens with zero attached hydrogens (tertiary/aromatic N) is 1. The lowest BCUT2D eigenvalue weighted by atomic mass is 10.1. The molecule has 0 bridgehead atoms. The number of halogens is 3. The van der Waals surface area contributed by atoms with Crippen LogP contribution >= 0.6 is 34.8 Å². The summed E-state index contributed by atoms with van der Waals surface area (Å²) in [6.07, 6.45) is 0. The molecular weight excluding hydrogens is 256 g/mol. The summed E-state index contributed by atoms with van der Waals surface area (Å²) in [7, 11) is 0. The lowest BCUT2D eigenvalue weighted by molar-refractivity contribution is 0.400. The van der Waals surface area contributed by atoms with E-state index < -0.39 is 0 Å². The Labute approximate surface area is 102 Å². The minimum Gasteiger partial charge on any atom is -0.359 e. The summed E-state index contributed by atoms with van der Waals surface area (Å²) in [6.45, 7) is 1.73. The maximum absolute atomic E-state index is 6.02. The van der Waals surface area contributed by atoms with Gasteiger partial charge >= 0.3 is 0 Å². The van der Waals surface area contributed by atoms with Crippen molar-refractivity contribution in [3.05, 3.63) is 39.0 Å². The van der Waals surface area contributed by atoms with Crippen LogP contribution in [0, 0.1) is 6.92 Å². The first-order chi connectivity index (χ1) is 7.11. The van der Waals surface area contributed by atoms with Crippen molar-refractivity contribution in [3.63, 3.8) is 0 Å². The molecule has 1 heterocycles. The van der Waals surface area contributed by atoms with Gasteiger partial charge in [0.1, 0.15) is 10.7 Å². The van der Waals surface area contributed by atoms with E-state index in [-0.39, 0.29) is 0 Å². The first-order valence-electron chi connectivity index (χ1n) is 4.17. The van der Waals surface area contributed by atoms with Crippen LogP contribution in [-0.4, -0.2) is 5.16 Å². The van der Waals surface area contributed by atoms with Gasteiger partial charge in [0.15, 0.2) is 5.76 Å². The zero-order valence-electron chi connectivity index (χ0n) is 7.72. The monoisotopic (exact) mass is 261 g/mol. The van der Waals surface area contributed by atoms with Crippen LogP contribution in [0.4, 0.5) is 0 Å². The standard InChI is InChI=1S/C10H6Cl3NO/c1-5-9(13)10(14-15-5)8-6(11)3-2-4-7(8)12/h2-4H,1H3. The van der Waals surface area contributed by atoms with Crippen LogP contribution in [0.25, 0.3) is 11.3 Å². The maximum Gasteiger partial charge on any atom is 0.152 e. The second kappa shape index (κ2) is 4.05. The van der Waals surface area contributed by atoms with Crippen LogP contribution in [0.1, 0.15) is 5.76 Å². The fourth-order valence-corrected chi connectivity index (χ4v) is 1.98. The van der Waals surface area contributed by atoms with Gasteiger partial charge in [-0.3, -0.25) is 0 Å². The third-order valence-corrected chi connectivity index (χ3v) is 3.07. The highest BCUT2D eigenvalue weighted by Gasteiger charge is 2.17. The number of rotatable bonds is 1. The predicted molar refractivity (Wildman–Crippen MR) is 61.7 cm³/mol. The van der Waals surface area contributed by atoms with Crippen molar-refractivity contribution in [3.8, 4) is 11.3 Å². The van der Waals surface area contributed by atoms with E-state index in [0.717, 1.165) is 0 Å². The van der Waals surface area contributed by atoms with Crippen molar-refractivity contribution in [2.45, 2.75) is 6.92 Å². The van der Waals surface area contributed by atoms with Gasteiger partial charge in [-0.25, -0.2) is 0 Å². The van der Waals surface area contributed by atoms with Crippen molar-refractivity contribution in [2.75, 3.05) is 0 Å². The second-order valence-electron chi connectivity index (χ2n) is 3.00. The first-order valence-corrected chi connectivity index (χ1v) is 5.31. The highest BCUT2D eigenvalue weighted by Crippen LogP contribution is 2.38. The Kier molecular flexibility index (Phi) is 2.91. The first kappa shape index (κ1) is 10.8. The fourth-order valence-electron chi connectivity index (χ4n) is 1.24. The quantitative estimate of drug-likeness (QED) is 0.750. The lowest BCUT2D eigenvalue weighted by Crippen LogP contribution is -1.82. The Hall–Kier alpha value is -0.700. The van der Waals surface area contributed by atoms with Crippen LogP contribution in [-0.2, 0) is 0 Å². The van der Waals surface area contributed by atoms with Crippen molar-refractivity contribution >= 4 is 34.8 Å². The molecule has 1 aromatic carbocycles. The van der Waals surface area contributed by atoms with Crippen molar-refractivity contribution in [1.29, 1.82) is 0 Å². The molecule has 0 saturated heterocycles. The Morgan fingerprint density at radius 2 is 1.73 bits per heavy atom.